The Labute approximate surface area is 207 Å². The molecule has 0 fully saturated rings. The van der Waals surface area contributed by atoms with Gasteiger partial charge in [0.1, 0.15) is 0 Å². The van der Waals surface area contributed by atoms with Crippen LogP contribution in [0.5, 0.6) is 0 Å². The molecule has 0 saturated carbocycles. The third kappa shape index (κ3) is 6.62. The van der Waals surface area contributed by atoms with E-state index in [2.05, 4.69) is 106 Å². The molecule has 32 heavy (non-hydrogen) atoms. The van der Waals surface area contributed by atoms with Crippen LogP contribution in [0.3, 0.4) is 0 Å². The summed E-state index contributed by atoms with van der Waals surface area (Å²) in [6, 6.07) is 20.1. The van der Waals surface area contributed by atoms with Crippen molar-refractivity contribution in [3.63, 3.8) is 0 Å². The SMILES string of the molecule is C[N-]/C(=C\C(=NCc1[c-]c(-c2cc3ccccc3cn2)ccc1)C(C)(C)C)C(C)(C)C.[Pt+2]. The molecule has 0 amide bonds. The number of allylic oxidation sites excluding steroid dienone is 2. The third-order valence-corrected chi connectivity index (χ3v) is 5.23. The zero-order valence-electron chi connectivity index (χ0n) is 20.1. The molecule has 0 aliphatic heterocycles. The molecule has 0 spiro atoms. The smallest absolute Gasteiger partial charge is 0.690 e. The number of rotatable bonds is 5. The molecule has 0 N–H and O–H groups in total. The molecule has 0 saturated heterocycles. The number of aromatic nitrogens is 1. The van der Waals surface area contributed by atoms with Gasteiger partial charge in [-0.05, 0) is 21.9 Å². The van der Waals surface area contributed by atoms with Crippen molar-refractivity contribution in [2.75, 3.05) is 7.05 Å². The Hall–Kier alpha value is -2.25. The average Bonchev–Trinajstić information content (AvgIpc) is 2.72. The average molecular weight is 607 g/mol. The number of fused-ring (bicyclic) bond motifs is 1. The van der Waals surface area contributed by atoms with Crippen LogP contribution in [-0.4, -0.2) is 17.7 Å². The van der Waals surface area contributed by atoms with Gasteiger partial charge in [-0.15, -0.1) is 42.4 Å². The van der Waals surface area contributed by atoms with Crippen LogP contribution in [0.2, 0.25) is 0 Å². The Morgan fingerprint density at radius 1 is 0.969 bits per heavy atom. The zero-order chi connectivity index (χ0) is 22.6. The van der Waals surface area contributed by atoms with Crippen LogP contribution in [0.25, 0.3) is 27.3 Å². The zero-order valence-corrected chi connectivity index (χ0v) is 22.4. The van der Waals surface area contributed by atoms with Gasteiger partial charge >= 0.3 is 21.1 Å². The summed E-state index contributed by atoms with van der Waals surface area (Å²) in [6.07, 6.45) is 4.07. The maximum absolute atomic E-state index is 4.98. The van der Waals surface area contributed by atoms with Crippen LogP contribution >= 0.6 is 0 Å². The molecule has 3 nitrogen and oxygen atoms in total. The van der Waals surface area contributed by atoms with Crippen LogP contribution in [0.4, 0.5) is 0 Å². The van der Waals surface area contributed by atoms with Gasteiger partial charge in [0.15, 0.2) is 0 Å². The molecule has 3 aromatic rings. The Morgan fingerprint density at radius 2 is 1.66 bits per heavy atom. The number of hydrogen-bond acceptors (Lipinski definition) is 2. The first kappa shape index (κ1) is 26.0. The maximum atomic E-state index is 4.98. The fraction of sp³-hybridized carbons (Fsp3) is 0.357. The molecule has 4 heteroatoms. The van der Waals surface area contributed by atoms with Gasteiger partial charge in [-0.25, -0.2) is 0 Å². The molecule has 3 rings (SSSR count). The normalized spacial score (nSPS) is 13.1. The van der Waals surface area contributed by atoms with Crippen LogP contribution in [-0.2, 0) is 27.6 Å². The second-order valence-electron chi connectivity index (χ2n) is 9.96. The van der Waals surface area contributed by atoms with Gasteiger partial charge in [-0.3, -0.25) is 4.99 Å². The van der Waals surface area contributed by atoms with E-state index in [1.165, 1.54) is 5.39 Å². The Balaban J connectivity index is 0.00000363. The summed E-state index contributed by atoms with van der Waals surface area (Å²) < 4.78 is 0. The molecule has 170 valence electrons. The summed E-state index contributed by atoms with van der Waals surface area (Å²) in [4.78, 5) is 9.62. The van der Waals surface area contributed by atoms with Gasteiger partial charge in [-0.2, -0.15) is 5.70 Å². The summed E-state index contributed by atoms with van der Waals surface area (Å²) >= 11 is 0. The van der Waals surface area contributed by atoms with Crippen molar-refractivity contribution in [1.29, 1.82) is 0 Å². The minimum absolute atomic E-state index is 0. The molecule has 0 radical (unpaired) electrons. The van der Waals surface area contributed by atoms with E-state index in [9.17, 15) is 0 Å². The Morgan fingerprint density at radius 3 is 2.28 bits per heavy atom. The van der Waals surface area contributed by atoms with Gasteiger partial charge in [0.05, 0.1) is 0 Å². The Bertz CT molecular complexity index is 1120. The summed E-state index contributed by atoms with van der Waals surface area (Å²) in [7, 11) is 1.85. The fourth-order valence-corrected chi connectivity index (χ4v) is 3.40. The standard InChI is InChI=1S/C28H33N3.Pt/c1-27(2,3)25(29-7)17-26(28(4,5)6)31-18-20-11-10-14-22(15-20)24-16-21-12-8-9-13-23(21)19-30-24;/h8-14,16-17,19H,18H2,1-7H3;/q-2;+2/b25-17-,31-26?;. The summed E-state index contributed by atoms with van der Waals surface area (Å²) in [5, 5.41) is 6.84. The van der Waals surface area contributed by atoms with Crippen molar-refractivity contribution in [2.24, 2.45) is 15.8 Å². The van der Waals surface area contributed by atoms with E-state index in [4.69, 9.17) is 4.99 Å². The van der Waals surface area contributed by atoms with Crippen LogP contribution < -0.4 is 0 Å². The second kappa shape index (κ2) is 10.6. The second-order valence-corrected chi connectivity index (χ2v) is 9.96. The number of benzene rings is 2. The van der Waals surface area contributed by atoms with Crippen LogP contribution in [0.1, 0.15) is 47.1 Å². The van der Waals surface area contributed by atoms with Gasteiger partial charge < -0.3 is 10.3 Å². The summed E-state index contributed by atoms with van der Waals surface area (Å²) in [5.74, 6) is 0. The first-order valence-electron chi connectivity index (χ1n) is 10.8. The fourth-order valence-electron chi connectivity index (χ4n) is 3.40. The van der Waals surface area contributed by atoms with E-state index >= 15 is 0 Å². The predicted molar refractivity (Wildman–Crippen MR) is 133 cm³/mol. The van der Waals surface area contributed by atoms with E-state index in [1.807, 2.05) is 19.3 Å². The molecule has 0 unspecified atom stereocenters. The quantitative estimate of drug-likeness (QED) is 0.218. The topological polar surface area (TPSA) is 39.4 Å². The van der Waals surface area contributed by atoms with E-state index < -0.39 is 0 Å². The Kier molecular flexibility index (Phi) is 8.59. The van der Waals surface area contributed by atoms with Crippen molar-refractivity contribution in [2.45, 2.75) is 48.1 Å². The van der Waals surface area contributed by atoms with E-state index in [0.29, 0.717) is 6.54 Å². The monoisotopic (exact) mass is 606 g/mol. The molecule has 0 bridgehead atoms. The molecular weight excluding hydrogens is 573 g/mol. The first-order chi connectivity index (χ1) is 14.6. The molecular formula is C28H33N3Pt. The van der Waals surface area contributed by atoms with E-state index in [0.717, 1.165) is 33.6 Å². The van der Waals surface area contributed by atoms with Crippen molar-refractivity contribution >= 4 is 16.5 Å². The number of pyridine rings is 1. The van der Waals surface area contributed by atoms with Crippen LogP contribution in [0, 0.1) is 16.9 Å². The molecule has 0 aliphatic rings. The number of nitrogens with zero attached hydrogens (tertiary/aromatic N) is 3. The minimum Gasteiger partial charge on any atom is -0.690 e. The summed E-state index contributed by atoms with van der Waals surface area (Å²) in [5.41, 5.74) is 4.98. The minimum atomic E-state index is -0.0707. The predicted octanol–water partition coefficient (Wildman–Crippen LogP) is 7.62. The van der Waals surface area contributed by atoms with Crippen molar-refractivity contribution < 1.29 is 21.1 Å². The van der Waals surface area contributed by atoms with Gasteiger partial charge in [0.25, 0.3) is 0 Å². The third-order valence-electron chi connectivity index (χ3n) is 5.23. The van der Waals surface area contributed by atoms with Crippen LogP contribution in [0.15, 0.2) is 71.5 Å². The van der Waals surface area contributed by atoms with E-state index in [1.54, 1.807) is 0 Å². The van der Waals surface area contributed by atoms with E-state index in [-0.39, 0.29) is 31.9 Å². The van der Waals surface area contributed by atoms with Crippen molar-refractivity contribution in [3.8, 4) is 11.3 Å². The van der Waals surface area contributed by atoms with Gasteiger partial charge in [0, 0.05) is 23.9 Å². The molecule has 0 aliphatic carbocycles. The molecule has 1 heterocycles. The molecule has 0 atom stereocenters. The van der Waals surface area contributed by atoms with Gasteiger partial charge in [0.2, 0.25) is 0 Å². The molecule has 2 aromatic carbocycles. The van der Waals surface area contributed by atoms with Gasteiger partial charge in [-0.1, -0.05) is 78.0 Å². The van der Waals surface area contributed by atoms with Crippen molar-refractivity contribution in [1.82, 2.24) is 4.98 Å². The number of hydrogen-bond donors (Lipinski definition) is 0. The largest absolute Gasteiger partial charge is 2.00 e. The number of aliphatic imine (C=N–C) groups is 1. The maximum Gasteiger partial charge on any atom is 2.00 e. The molecule has 1 aromatic heterocycles. The summed E-state index contributed by atoms with van der Waals surface area (Å²) in [6.45, 7) is 13.7. The first-order valence-corrected chi connectivity index (χ1v) is 10.8. The van der Waals surface area contributed by atoms with Crippen molar-refractivity contribution in [3.05, 3.63) is 83.4 Å².